The van der Waals surface area contributed by atoms with E-state index in [9.17, 15) is 0 Å². The molecule has 1 aromatic rings. The summed E-state index contributed by atoms with van der Waals surface area (Å²) in [6.45, 7) is 5.24. The van der Waals surface area contributed by atoms with E-state index in [0.29, 0.717) is 12.0 Å². The first kappa shape index (κ1) is 13.4. The van der Waals surface area contributed by atoms with Crippen LogP contribution < -0.4 is 15.5 Å². The zero-order valence-corrected chi connectivity index (χ0v) is 12.3. The van der Waals surface area contributed by atoms with Crippen molar-refractivity contribution in [2.75, 3.05) is 35.2 Å². The van der Waals surface area contributed by atoms with Gasteiger partial charge in [-0.1, -0.05) is 6.92 Å². The molecule has 2 fully saturated rings. The number of nitrogens with two attached hydrogens (primary N) is 1. The fraction of sp³-hybridized carbons (Fsp3) is 0.786. The van der Waals surface area contributed by atoms with Crippen LogP contribution in [0.5, 0.6) is 0 Å². The second-order valence-corrected chi connectivity index (χ2v) is 5.77. The van der Waals surface area contributed by atoms with Crippen LogP contribution in [0.1, 0.15) is 45.4 Å². The lowest BCUT2D eigenvalue weighted by Gasteiger charge is -2.28. The van der Waals surface area contributed by atoms with Crippen LogP contribution in [0, 0.1) is 0 Å². The van der Waals surface area contributed by atoms with Crippen molar-refractivity contribution >= 4 is 17.8 Å². The van der Waals surface area contributed by atoms with Gasteiger partial charge in [0.15, 0.2) is 0 Å². The molecule has 2 N–H and O–H groups in total. The molecule has 6 heteroatoms. The zero-order chi connectivity index (χ0) is 13.9. The molecule has 1 aliphatic carbocycles. The highest BCUT2D eigenvalue weighted by Gasteiger charge is 2.31. The van der Waals surface area contributed by atoms with Gasteiger partial charge in [-0.15, -0.1) is 0 Å². The standard InChI is InChI=1S/C14H24N6/c1-2-8-20(11-6-7-11)14-17-12(15)16-13(18-14)19-9-4-3-5-10-19/h11H,2-10H2,1H3,(H2,15,16,17,18). The lowest BCUT2D eigenvalue weighted by Crippen LogP contribution is -2.33. The van der Waals surface area contributed by atoms with E-state index in [1.807, 2.05) is 0 Å². The summed E-state index contributed by atoms with van der Waals surface area (Å²) in [5.41, 5.74) is 5.91. The third kappa shape index (κ3) is 2.94. The van der Waals surface area contributed by atoms with Gasteiger partial charge in [0.25, 0.3) is 0 Å². The molecule has 0 spiro atoms. The van der Waals surface area contributed by atoms with E-state index < -0.39 is 0 Å². The van der Waals surface area contributed by atoms with Gasteiger partial charge in [-0.25, -0.2) is 0 Å². The highest BCUT2D eigenvalue weighted by atomic mass is 15.4. The topological polar surface area (TPSA) is 71.2 Å². The summed E-state index contributed by atoms with van der Waals surface area (Å²) < 4.78 is 0. The van der Waals surface area contributed by atoms with Crippen molar-refractivity contribution in [1.29, 1.82) is 0 Å². The molecule has 6 nitrogen and oxygen atoms in total. The number of nitrogens with zero attached hydrogens (tertiary/aromatic N) is 5. The second kappa shape index (κ2) is 5.81. The molecule has 2 aliphatic rings. The van der Waals surface area contributed by atoms with Crippen molar-refractivity contribution in [1.82, 2.24) is 15.0 Å². The largest absolute Gasteiger partial charge is 0.368 e. The molecule has 3 rings (SSSR count). The Hall–Kier alpha value is -1.59. The van der Waals surface area contributed by atoms with Gasteiger partial charge in [0.2, 0.25) is 17.8 Å². The molecule has 0 radical (unpaired) electrons. The number of nitrogen functional groups attached to an aromatic ring is 1. The number of hydrogen-bond donors (Lipinski definition) is 1. The van der Waals surface area contributed by atoms with Gasteiger partial charge >= 0.3 is 0 Å². The quantitative estimate of drug-likeness (QED) is 0.884. The molecule has 1 aliphatic heterocycles. The lowest BCUT2D eigenvalue weighted by molar-refractivity contribution is 0.567. The molecule has 0 amide bonds. The molecule has 1 saturated carbocycles. The molecule has 0 aromatic carbocycles. The molecular weight excluding hydrogens is 252 g/mol. The van der Waals surface area contributed by atoms with Crippen molar-refractivity contribution in [3.05, 3.63) is 0 Å². The maximum atomic E-state index is 5.91. The van der Waals surface area contributed by atoms with Crippen molar-refractivity contribution in [2.24, 2.45) is 0 Å². The van der Waals surface area contributed by atoms with Crippen LogP contribution in [0.2, 0.25) is 0 Å². The Labute approximate surface area is 120 Å². The van der Waals surface area contributed by atoms with Crippen LogP contribution in [-0.2, 0) is 0 Å². The Morgan fingerprint density at radius 2 is 1.90 bits per heavy atom. The van der Waals surface area contributed by atoms with Gasteiger partial charge in [-0.3, -0.25) is 0 Å². The van der Waals surface area contributed by atoms with Gasteiger partial charge in [-0.2, -0.15) is 15.0 Å². The van der Waals surface area contributed by atoms with E-state index in [4.69, 9.17) is 5.73 Å². The third-order valence-corrected chi connectivity index (χ3v) is 3.98. The Morgan fingerprint density at radius 3 is 2.55 bits per heavy atom. The minimum atomic E-state index is 0.345. The van der Waals surface area contributed by atoms with Crippen LogP contribution in [0.3, 0.4) is 0 Å². The Balaban J connectivity index is 1.84. The molecule has 20 heavy (non-hydrogen) atoms. The molecule has 0 unspecified atom stereocenters. The third-order valence-electron chi connectivity index (χ3n) is 3.98. The molecule has 2 heterocycles. The van der Waals surface area contributed by atoms with Gasteiger partial charge in [0, 0.05) is 25.7 Å². The first-order valence-corrected chi connectivity index (χ1v) is 7.81. The van der Waals surface area contributed by atoms with Crippen molar-refractivity contribution in [2.45, 2.75) is 51.5 Å². The van der Waals surface area contributed by atoms with E-state index in [1.54, 1.807) is 0 Å². The first-order chi connectivity index (χ1) is 9.78. The van der Waals surface area contributed by atoms with Gasteiger partial charge in [-0.05, 0) is 38.5 Å². The monoisotopic (exact) mass is 276 g/mol. The molecular formula is C14H24N6. The SMILES string of the molecule is CCCN(c1nc(N)nc(N2CCCCC2)n1)C1CC1. The number of aromatic nitrogens is 3. The Kier molecular flexibility index (Phi) is 3.89. The highest BCUT2D eigenvalue weighted by Crippen LogP contribution is 2.31. The van der Waals surface area contributed by atoms with E-state index in [-0.39, 0.29) is 0 Å². The highest BCUT2D eigenvalue weighted by molar-refractivity contribution is 5.45. The Bertz CT molecular complexity index is 453. The van der Waals surface area contributed by atoms with E-state index in [2.05, 4.69) is 31.7 Å². The van der Waals surface area contributed by atoms with Crippen LogP contribution in [0.25, 0.3) is 0 Å². The predicted octanol–water partition coefficient (Wildman–Crippen LogP) is 1.82. The summed E-state index contributed by atoms with van der Waals surface area (Å²) in [4.78, 5) is 17.9. The van der Waals surface area contributed by atoms with Gasteiger partial charge in [0.1, 0.15) is 0 Å². The normalized spacial score (nSPS) is 19.1. The fourth-order valence-corrected chi connectivity index (χ4v) is 2.81. The number of hydrogen-bond acceptors (Lipinski definition) is 6. The summed E-state index contributed by atoms with van der Waals surface area (Å²) in [6, 6.07) is 0.603. The van der Waals surface area contributed by atoms with E-state index in [0.717, 1.165) is 38.0 Å². The first-order valence-electron chi connectivity index (χ1n) is 7.81. The molecule has 1 aromatic heterocycles. The minimum Gasteiger partial charge on any atom is -0.368 e. The average molecular weight is 276 g/mol. The van der Waals surface area contributed by atoms with Crippen molar-refractivity contribution in [3.63, 3.8) is 0 Å². The summed E-state index contributed by atoms with van der Waals surface area (Å²) in [7, 11) is 0. The van der Waals surface area contributed by atoms with Crippen LogP contribution >= 0.6 is 0 Å². The number of rotatable bonds is 5. The van der Waals surface area contributed by atoms with E-state index in [1.165, 1.54) is 32.1 Å². The summed E-state index contributed by atoms with van der Waals surface area (Å²) in [5, 5.41) is 0. The fourth-order valence-electron chi connectivity index (χ4n) is 2.81. The Morgan fingerprint density at radius 1 is 1.15 bits per heavy atom. The number of anilines is 3. The van der Waals surface area contributed by atoms with E-state index >= 15 is 0 Å². The molecule has 110 valence electrons. The summed E-state index contributed by atoms with van der Waals surface area (Å²) in [5.74, 6) is 1.87. The van der Waals surface area contributed by atoms with Gasteiger partial charge in [0.05, 0.1) is 0 Å². The van der Waals surface area contributed by atoms with Crippen molar-refractivity contribution in [3.8, 4) is 0 Å². The van der Waals surface area contributed by atoms with Crippen LogP contribution in [0.4, 0.5) is 17.8 Å². The van der Waals surface area contributed by atoms with Crippen molar-refractivity contribution < 1.29 is 0 Å². The summed E-state index contributed by atoms with van der Waals surface area (Å²) in [6.07, 6.45) is 7.30. The average Bonchev–Trinajstić information content (AvgIpc) is 3.29. The minimum absolute atomic E-state index is 0.345. The van der Waals surface area contributed by atoms with Gasteiger partial charge < -0.3 is 15.5 Å². The zero-order valence-electron chi connectivity index (χ0n) is 12.3. The smallest absolute Gasteiger partial charge is 0.232 e. The maximum Gasteiger partial charge on any atom is 0.232 e. The molecule has 0 atom stereocenters. The lowest BCUT2D eigenvalue weighted by atomic mass is 10.1. The van der Waals surface area contributed by atoms with Crippen LogP contribution in [0.15, 0.2) is 0 Å². The maximum absolute atomic E-state index is 5.91. The van der Waals surface area contributed by atoms with Crippen LogP contribution in [-0.4, -0.2) is 40.6 Å². The second-order valence-electron chi connectivity index (χ2n) is 5.77. The molecule has 1 saturated heterocycles. The number of piperidine rings is 1. The predicted molar refractivity (Wildman–Crippen MR) is 81.0 cm³/mol. The summed E-state index contributed by atoms with van der Waals surface area (Å²) >= 11 is 0. The molecule has 0 bridgehead atoms.